The molecule has 0 heterocycles. The Morgan fingerprint density at radius 2 is 1.66 bits per heavy atom. The first-order valence-electron chi connectivity index (χ1n) is 10.8. The monoisotopic (exact) mass is 554 g/mol. The van der Waals surface area contributed by atoms with Crippen LogP contribution in [0.3, 0.4) is 0 Å². The van der Waals surface area contributed by atoms with E-state index in [1.807, 2.05) is 57.2 Å². The van der Waals surface area contributed by atoms with Gasteiger partial charge in [0.15, 0.2) is 17.5 Å². The minimum Gasteiger partial charge on any atom is -0.490 e. The van der Waals surface area contributed by atoms with Crippen molar-refractivity contribution in [2.75, 3.05) is 33.4 Å². The van der Waals surface area contributed by atoms with Crippen LogP contribution in [0.15, 0.2) is 47.5 Å². The summed E-state index contributed by atoms with van der Waals surface area (Å²) in [6.07, 6.45) is 0.819. The van der Waals surface area contributed by atoms with Crippen LogP contribution in [-0.2, 0) is 13.0 Å². The lowest BCUT2D eigenvalue weighted by atomic mass is 10.1. The molecule has 176 valence electrons. The Balaban J connectivity index is 0.00000512. The van der Waals surface area contributed by atoms with Crippen LogP contribution in [0.5, 0.6) is 11.5 Å². The molecule has 0 saturated carbocycles. The standard InChI is InChI=1S/C24H34N4O3.HI/c1-5-26-23(29)20-10-8-9-19(15-20)17-28-24(25-4)27-14-13-18-11-12-21(30-6-2)22(16-18)31-7-3;/h8-12,15-16H,5-7,13-14,17H2,1-4H3,(H,26,29)(H2,25,27,28);1H. The fourth-order valence-corrected chi connectivity index (χ4v) is 3.07. The minimum atomic E-state index is -0.0614. The van der Waals surface area contributed by atoms with Crippen molar-refractivity contribution in [1.82, 2.24) is 16.0 Å². The largest absolute Gasteiger partial charge is 0.490 e. The van der Waals surface area contributed by atoms with Gasteiger partial charge < -0.3 is 25.4 Å². The number of hydrogen-bond acceptors (Lipinski definition) is 4. The molecule has 0 spiro atoms. The van der Waals surface area contributed by atoms with Gasteiger partial charge in [0, 0.05) is 32.2 Å². The van der Waals surface area contributed by atoms with Crippen LogP contribution in [0.25, 0.3) is 0 Å². The number of hydrogen-bond donors (Lipinski definition) is 3. The Hall–Kier alpha value is -2.49. The van der Waals surface area contributed by atoms with Crippen LogP contribution in [0.4, 0.5) is 0 Å². The third-order valence-corrected chi connectivity index (χ3v) is 4.52. The van der Waals surface area contributed by atoms with Gasteiger partial charge in [-0.05, 0) is 62.6 Å². The minimum absolute atomic E-state index is 0. The van der Waals surface area contributed by atoms with E-state index in [2.05, 4.69) is 27.0 Å². The second-order valence-corrected chi connectivity index (χ2v) is 6.81. The Labute approximate surface area is 208 Å². The number of halogens is 1. The molecule has 0 aliphatic heterocycles. The maximum absolute atomic E-state index is 12.0. The summed E-state index contributed by atoms with van der Waals surface area (Å²) >= 11 is 0. The van der Waals surface area contributed by atoms with Crippen LogP contribution in [0, 0.1) is 0 Å². The summed E-state index contributed by atoms with van der Waals surface area (Å²) in [5, 5.41) is 9.43. The van der Waals surface area contributed by atoms with Crippen molar-refractivity contribution in [2.45, 2.75) is 33.7 Å². The predicted molar refractivity (Wildman–Crippen MR) is 141 cm³/mol. The molecule has 0 fully saturated rings. The fourth-order valence-electron chi connectivity index (χ4n) is 3.07. The van der Waals surface area contributed by atoms with Crippen molar-refractivity contribution in [3.8, 4) is 11.5 Å². The number of carbonyl (C=O) groups is 1. The number of benzene rings is 2. The molecule has 7 nitrogen and oxygen atoms in total. The van der Waals surface area contributed by atoms with Crippen molar-refractivity contribution in [2.24, 2.45) is 4.99 Å². The Morgan fingerprint density at radius 3 is 2.34 bits per heavy atom. The van der Waals surface area contributed by atoms with E-state index in [0.29, 0.717) is 37.8 Å². The van der Waals surface area contributed by atoms with Gasteiger partial charge in [0.05, 0.1) is 13.2 Å². The van der Waals surface area contributed by atoms with Crippen molar-refractivity contribution in [3.05, 3.63) is 59.2 Å². The van der Waals surface area contributed by atoms with Crippen LogP contribution in [0.1, 0.15) is 42.3 Å². The number of nitrogens with one attached hydrogen (secondary N) is 3. The van der Waals surface area contributed by atoms with Crippen molar-refractivity contribution in [1.29, 1.82) is 0 Å². The maximum Gasteiger partial charge on any atom is 0.251 e. The van der Waals surface area contributed by atoms with E-state index >= 15 is 0 Å². The third kappa shape index (κ3) is 8.94. The van der Waals surface area contributed by atoms with Gasteiger partial charge in [-0.15, -0.1) is 24.0 Å². The van der Waals surface area contributed by atoms with Crippen molar-refractivity contribution in [3.63, 3.8) is 0 Å². The molecule has 0 aromatic heterocycles. The van der Waals surface area contributed by atoms with E-state index in [1.165, 1.54) is 0 Å². The van der Waals surface area contributed by atoms with Gasteiger partial charge in [0.25, 0.3) is 5.91 Å². The molecule has 0 bridgehead atoms. The van der Waals surface area contributed by atoms with Crippen LogP contribution in [-0.4, -0.2) is 45.2 Å². The highest BCUT2D eigenvalue weighted by Crippen LogP contribution is 2.28. The van der Waals surface area contributed by atoms with Gasteiger partial charge in [-0.25, -0.2) is 0 Å². The number of nitrogens with zero attached hydrogens (tertiary/aromatic N) is 1. The van der Waals surface area contributed by atoms with Crippen LogP contribution >= 0.6 is 24.0 Å². The van der Waals surface area contributed by atoms with Gasteiger partial charge in [0.1, 0.15) is 0 Å². The second-order valence-electron chi connectivity index (χ2n) is 6.81. The lowest BCUT2D eigenvalue weighted by Crippen LogP contribution is -2.37. The number of rotatable bonds is 11. The van der Waals surface area contributed by atoms with Gasteiger partial charge in [-0.2, -0.15) is 0 Å². The summed E-state index contributed by atoms with van der Waals surface area (Å²) in [4.78, 5) is 16.3. The first-order chi connectivity index (χ1) is 15.1. The SMILES string of the molecule is CCNC(=O)c1cccc(CNC(=NC)NCCc2ccc(OCC)c(OCC)c2)c1.I. The molecular formula is C24H35IN4O3. The number of amides is 1. The van der Waals surface area contributed by atoms with E-state index in [-0.39, 0.29) is 29.9 Å². The molecule has 0 aliphatic rings. The fraction of sp³-hybridized carbons (Fsp3) is 0.417. The molecule has 8 heteroatoms. The molecule has 3 N–H and O–H groups in total. The highest BCUT2D eigenvalue weighted by Gasteiger charge is 2.07. The van der Waals surface area contributed by atoms with E-state index in [4.69, 9.17) is 9.47 Å². The Morgan fingerprint density at radius 1 is 0.906 bits per heavy atom. The number of carbonyl (C=O) groups excluding carboxylic acids is 1. The van der Waals surface area contributed by atoms with E-state index in [1.54, 1.807) is 7.05 Å². The zero-order valence-corrected chi connectivity index (χ0v) is 21.7. The van der Waals surface area contributed by atoms with E-state index in [0.717, 1.165) is 35.6 Å². The molecular weight excluding hydrogens is 519 g/mol. The van der Waals surface area contributed by atoms with Gasteiger partial charge >= 0.3 is 0 Å². The number of guanidine groups is 1. The highest BCUT2D eigenvalue weighted by molar-refractivity contribution is 14.0. The molecule has 2 rings (SSSR count). The number of ether oxygens (including phenoxy) is 2. The molecule has 0 saturated heterocycles. The second kappa shape index (κ2) is 15.3. The average molecular weight is 554 g/mol. The van der Waals surface area contributed by atoms with E-state index in [9.17, 15) is 4.79 Å². The molecule has 0 unspecified atom stereocenters. The Kier molecular flexibility index (Phi) is 13.2. The molecule has 0 atom stereocenters. The smallest absolute Gasteiger partial charge is 0.251 e. The first-order valence-corrected chi connectivity index (χ1v) is 10.8. The van der Waals surface area contributed by atoms with E-state index < -0.39 is 0 Å². The summed E-state index contributed by atoms with van der Waals surface area (Å²) in [6.45, 7) is 8.94. The quantitative estimate of drug-likeness (QED) is 0.224. The summed E-state index contributed by atoms with van der Waals surface area (Å²) in [6, 6.07) is 13.6. The van der Waals surface area contributed by atoms with Crippen LogP contribution in [0.2, 0.25) is 0 Å². The first kappa shape index (κ1) is 27.5. The van der Waals surface area contributed by atoms with Crippen molar-refractivity contribution >= 4 is 35.8 Å². The molecule has 1 amide bonds. The predicted octanol–water partition coefficient (Wildman–Crippen LogP) is 3.76. The molecule has 0 aliphatic carbocycles. The van der Waals surface area contributed by atoms with Gasteiger partial charge in [-0.1, -0.05) is 18.2 Å². The topological polar surface area (TPSA) is 84.0 Å². The zero-order valence-electron chi connectivity index (χ0n) is 19.4. The summed E-state index contributed by atoms with van der Waals surface area (Å²) in [5.41, 5.74) is 2.83. The Bertz CT molecular complexity index is 874. The number of aliphatic imine (C=N–C) groups is 1. The lowest BCUT2D eigenvalue weighted by Gasteiger charge is -2.14. The normalized spacial score (nSPS) is 10.7. The maximum atomic E-state index is 12.0. The lowest BCUT2D eigenvalue weighted by molar-refractivity contribution is 0.0955. The molecule has 32 heavy (non-hydrogen) atoms. The zero-order chi connectivity index (χ0) is 22.5. The summed E-state index contributed by atoms with van der Waals surface area (Å²) < 4.78 is 11.3. The molecule has 2 aromatic rings. The highest BCUT2D eigenvalue weighted by atomic mass is 127. The average Bonchev–Trinajstić information content (AvgIpc) is 2.78. The molecule has 0 radical (unpaired) electrons. The van der Waals surface area contributed by atoms with Gasteiger partial charge in [0.2, 0.25) is 0 Å². The summed E-state index contributed by atoms with van der Waals surface area (Å²) in [5.74, 6) is 2.19. The van der Waals surface area contributed by atoms with Gasteiger partial charge in [-0.3, -0.25) is 9.79 Å². The van der Waals surface area contributed by atoms with Crippen LogP contribution < -0.4 is 25.4 Å². The summed E-state index contributed by atoms with van der Waals surface area (Å²) in [7, 11) is 1.74. The third-order valence-electron chi connectivity index (χ3n) is 4.52. The van der Waals surface area contributed by atoms with Crippen molar-refractivity contribution < 1.29 is 14.3 Å². The molecule has 2 aromatic carbocycles.